The molecule has 0 bridgehead atoms. The van der Waals surface area contributed by atoms with E-state index in [4.69, 9.17) is 0 Å². The number of carbonyl (C=O) groups excluding carboxylic acids is 2. The number of phenolic OH excluding ortho intramolecular Hbond substituents is 1. The van der Waals surface area contributed by atoms with E-state index < -0.39 is 0 Å². The number of fused-ring (bicyclic) bond motifs is 1. The van der Waals surface area contributed by atoms with E-state index in [0.29, 0.717) is 17.1 Å². The van der Waals surface area contributed by atoms with Crippen molar-refractivity contribution in [3.8, 4) is 5.75 Å². The van der Waals surface area contributed by atoms with Gasteiger partial charge >= 0.3 is 0 Å². The number of ketones is 1. The third-order valence-corrected chi connectivity index (χ3v) is 3.26. The maximum atomic E-state index is 12.1. The van der Waals surface area contributed by atoms with Gasteiger partial charge in [-0.3, -0.25) is 9.59 Å². The number of Topliss-reactive ketones (excluding diaryl/α,β-unsaturated/α-hetero) is 1. The number of nitrogens with one attached hydrogen (secondary N) is 2. The van der Waals surface area contributed by atoms with Crippen LogP contribution in [0, 0.1) is 0 Å². The van der Waals surface area contributed by atoms with Crippen LogP contribution in [0.25, 0.3) is 10.9 Å². The number of hydrogen-bond acceptors (Lipinski definition) is 4. The van der Waals surface area contributed by atoms with Crippen molar-refractivity contribution in [1.29, 1.82) is 0 Å². The highest BCUT2D eigenvalue weighted by molar-refractivity contribution is 6.05. The molecule has 0 aliphatic rings. The molecule has 6 heteroatoms. The van der Waals surface area contributed by atoms with Crippen LogP contribution in [0.4, 0.5) is 5.82 Å². The number of amides is 1. The molecule has 0 atom stereocenters. The summed E-state index contributed by atoms with van der Waals surface area (Å²) in [5, 5.41) is 12.7. The molecule has 0 saturated heterocycles. The summed E-state index contributed by atoms with van der Waals surface area (Å²) in [5.41, 5.74) is 1.64. The van der Waals surface area contributed by atoms with Gasteiger partial charge in [0.25, 0.3) is 5.91 Å². The maximum absolute atomic E-state index is 12.1. The van der Waals surface area contributed by atoms with Crippen molar-refractivity contribution in [3.63, 3.8) is 0 Å². The van der Waals surface area contributed by atoms with Gasteiger partial charge in [0.1, 0.15) is 11.6 Å². The number of rotatable bonds is 3. The number of pyridine rings is 1. The van der Waals surface area contributed by atoms with Gasteiger partial charge in [-0.15, -0.1) is 0 Å². The first-order chi connectivity index (χ1) is 11.5. The van der Waals surface area contributed by atoms with Crippen LogP contribution in [0.2, 0.25) is 0 Å². The molecule has 0 aliphatic carbocycles. The van der Waals surface area contributed by atoms with Crippen LogP contribution in [-0.2, 0) is 0 Å². The molecular weight excluding hydrogens is 306 g/mol. The molecule has 0 spiro atoms. The lowest BCUT2D eigenvalue weighted by molar-refractivity contribution is 0.101. The van der Waals surface area contributed by atoms with Crippen molar-refractivity contribution in [2.45, 2.75) is 20.8 Å². The summed E-state index contributed by atoms with van der Waals surface area (Å²) in [4.78, 5) is 30.5. The molecule has 0 unspecified atom stereocenters. The van der Waals surface area contributed by atoms with Crippen molar-refractivity contribution in [2.75, 3.05) is 5.32 Å². The predicted molar refractivity (Wildman–Crippen MR) is 93.5 cm³/mol. The van der Waals surface area contributed by atoms with Crippen molar-refractivity contribution in [3.05, 3.63) is 53.9 Å². The molecule has 0 aliphatic heterocycles. The van der Waals surface area contributed by atoms with Gasteiger partial charge in [-0.25, -0.2) is 4.98 Å². The number of nitrogens with zero attached hydrogens (tertiary/aromatic N) is 1. The van der Waals surface area contributed by atoms with Crippen LogP contribution < -0.4 is 5.32 Å². The first-order valence-electron chi connectivity index (χ1n) is 7.63. The largest absolute Gasteiger partial charge is 0.508 e. The molecule has 3 N–H and O–H groups in total. The third-order valence-electron chi connectivity index (χ3n) is 3.26. The Labute approximate surface area is 139 Å². The summed E-state index contributed by atoms with van der Waals surface area (Å²) < 4.78 is 0. The summed E-state index contributed by atoms with van der Waals surface area (Å²) in [5.74, 6) is 0.0971. The Hall–Kier alpha value is -3.15. The minimum absolute atomic E-state index is 0.0640. The molecule has 3 rings (SSSR count). The fourth-order valence-corrected chi connectivity index (χ4v) is 2.09. The zero-order valence-corrected chi connectivity index (χ0v) is 13.8. The quantitative estimate of drug-likeness (QED) is 0.639. The fraction of sp³-hybridized carbons (Fsp3) is 0.167. The number of aromatic nitrogens is 2. The Balaban J connectivity index is 0.00000100. The molecule has 1 aromatic carbocycles. The second-order valence-corrected chi connectivity index (χ2v) is 4.90. The van der Waals surface area contributed by atoms with E-state index in [1.54, 1.807) is 18.3 Å². The molecule has 2 aromatic heterocycles. The van der Waals surface area contributed by atoms with Crippen LogP contribution in [0.3, 0.4) is 0 Å². The lowest BCUT2D eigenvalue weighted by atomic mass is 10.2. The van der Waals surface area contributed by atoms with Crippen LogP contribution in [0.15, 0.2) is 42.6 Å². The minimum Gasteiger partial charge on any atom is -0.508 e. The van der Waals surface area contributed by atoms with Gasteiger partial charge in [0, 0.05) is 17.9 Å². The van der Waals surface area contributed by atoms with Crippen LogP contribution in [0.5, 0.6) is 5.75 Å². The number of benzene rings is 1. The van der Waals surface area contributed by atoms with E-state index in [2.05, 4.69) is 15.3 Å². The molecule has 124 valence electrons. The van der Waals surface area contributed by atoms with Gasteiger partial charge in [0.2, 0.25) is 0 Å². The molecule has 24 heavy (non-hydrogen) atoms. The molecule has 0 fully saturated rings. The SMILES string of the molecule is CC.CC(=O)c1cc2cc(NC(=O)c3ccc(O)cc3)ncc2[nH]1. The van der Waals surface area contributed by atoms with Crippen LogP contribution in [0.1, 0.15) is 41.6 Å². The van der Waals surface area contributed by atoms with E-state index in [1.165, 1.54) is 31.2 Å². The van der Waals surface area contributed by atoms with Crippen molar-refractivity contribution >= 4 is 28.4 Å². The zero-order valence-electron chi connectivity index (χ0n) is 13.8. The molecule has 0 saturated carbocycles. The molecule has 2 heterocycles. The Morgan fingerprint density at radius 1 is 1.12 bits per heavy atom. The van der Waals surface area contributed by atoms with Crippen molar-refractivity contribution in [1.82, 2.24) is 9.97 Å². The van der Waals surface area contributed by atoms with Gasteiger partial charge in [0.05, 0.1) is 17.4 Å². The molecular formula is C18H19N3O3. The van der Waals surface area contributed by atoms with Gasteiger partial charge in [-0.1, -0.05) is 13.8 Å². The highest BCUT2D eigenvalue weighted by atomic mass is 16.3. The number of H-pyrrole nitrogens is 1. The van der Waals surface area contributed by atoms with Gasteiger partial charge in [0.15, 0.2) is 5.78 Å². The fourth-order valence-electron chi connectivity index (χ4n) is 2.09. The maximum Gasteiger partial charge on any atom is 0.256 e. The molecule has 1 amide bonds. The Bertz CT molecular complexity index is 867. The number of phenols is 1. The Kier molecular flexibility index (Phi) is 5.31. The third kappa shape index (κ3) is 3.78. The van der Waals surface area contributed by atoms with E-state index in [9.17, 15) is 14.7 Å². The topological polar surface area (TPSA) is 95.1 Å². The smallest absolute Gasteiger partial charge is 0.256 e. The lowest BCUT2D eigenvalue weighted by Crippen LogP contribution is -2.12. The van der Waals surface area contributed by atoms with Crippen LogP contribution >= 0.6 is 0 Å². The second-order valence-electron chi connectivity index (χ2n) is 4.90. The van der Waals surface area contributed by atoms with Crippen LogP contribution in [-0.4, -0.2) is 26.8 Å². The monoisotopic (exact) mass is 325 g/mol. The first-order valence-corrected chi connectivity index (χ1v) is 7.63. The second kappa shape index (κ2) is 7.41. The highest BCUT2D eigenvalue weighted by Gasteiger charge is 2.09. The van der Waals surface area contributed by atoms with Gasteiger partial charge in [-0.05, 0) is 36.4 Å². The van der Waals surface area contributed by atoms with Crippen molar-refractivity contribution < 1.29 is 14.7 Å². The van der Waals surface area contributed by atoms with E-state index in [0.717, 1.165) is 10.9 Å². The van der Waals surface area contributed by atoms with Gasteiger partial charge < -0.3 is 15.4 Å². The number of aromatic hydroxyl groups is 1. The van der Waals surface area contributed by atoms with Gasteiger partial charge in [-0.2, -0.15) is 0 Å². The molecule has 6 nitrogen and oxygen atoms in total. The van der Waals surface area contributed by atoms with E-state index in [1.807, 2.05) is 13.8 Å². The zero-order chi connectivity index (χ0) is 17.7. The number of aromatic amines is 1. The average molecular weight is 325 g/mol. The molecule has 3 aromatic rings. The number of hydrogen-bond donors (Lipinski definition) is 3. The van der Waals surface area contributed by atoms with Crippen molar-refractivity contribution in [2.24, 2.45) is 0 Å². The summed E-state index contributed by atoms with van der Waals surface area (Å²) in [6.45, 7) is 5.48. The standard InChI is InChI=1S/C16H13N3O3.C2H6/c1-9(20)13-6-11-7-15(17-8-14(11)18-13)19-16(22)10-2-4-12(21)5-3-10;1-2/h2-8,18,21H,1H3,(H,17,19,22);1-2H3. The predicted octanol–water partition coefficient (Wildman–Crippen LogP) is 3.75. The normalized spacial score (nSPS) is 9.96. The summed E-state index contributed by atoms with van der Waals surface area (Å²) in [7, 11) is 0. The highest BCUT2D eigenvalue weighted by Crippen LogP contribution is 2.19. The summed E-state index contributed by atoms with van der Waals surface area (Å²) in [6, 6.07) is 9.33. The van der Waals surface area contributed by atoms with E-state index >= 15 is 0 Å². The summed E-state index contributed by atoms with van der Waals surface area (Å²) in [6.07, 6.45) is 1.56. The summed E-state index contributed by atoms with van der Waals surface area (Å²) >= 11 is 0. The van der Waals surface area contributed by atoms with E-state index in [-0.39, 0.29) is 17.4 Å². The molecule has 0 radical (unpaired) electrons. The lowest BCUT2D eigenvalue weighted by Gasteiger charge is -2.04. The average Bonchev–Trinajstić information content (AvgIpc) is 3.01. The number of anilines is 1. The minimum atomic E-state index is -0.325. The Morgan fingerprint density at radius 3 is 2.42 bits per heavy atom. The Morgan fingerprint density at radius 2 is 1.79 bits per heavy atom. The number of carbonyl (C=O) groups is 2. The first kappa shape index (κ1) is 17.2.